The Hall–Kier alpha value is -1.79. The van der Waals surface area contributed by atoms with Crippen LogP contribution in [0.3, 0.4) is 0 Å². The van der Waals surface area contributed by atoms with Gasteiger partial charge in [-0.25, -0.2) is 0 Å². The third kappa shape index (κ3) is 5.24. The monoisotopic (exact) mass is 297 g/mol. The summed E-state index contributed by atoms with van der Waals surface area (Å²) in [7, 11) is 2.87. The second kappa shape index (κ2) is 9.20. The fourth-order valence-corrected chi connectivity index (χ4v) is 1.77. The molecule has 6 heteroatoms. The van der Waals surface area contributed by atoms with Gasteiger partial charge in [-0.1, -0.05) is 13.0 Å². The Morgan fingerprint density at radius 1 is 1.33 bits per heavy atom. The molecule has 6 nitrogen and oxygen atoms in total. The number of rotatable bonds is 9. The van der Waals surface area contributed by atoms with Crippen LogP contribution in [0, 0.1) is 0 Å². The zero-order chi connectivity index (χ0) is 15.7. The predicted octanol–water partition coefficient (Wildman–Crippen LogP) is 1.11. The topological polar surface area (TPSA) is 77.0 Å². The fourth-order valence-electron chi connectivity index (χ4n) is 1.77. The van der Waals surface area contributed by atoms with Gasteiger partial charge in [0.25, 0.3) is 0 Å². The molecular formula is C15H23NO5. The number of nitrogens with one attached hydrogen (secondary N) is 1. The molecule has 1 unspecified atom stereocenters. The van der Waals surface area contributed by atoms with Crippen LogP contribution in [0.5, 0.6) is 11.5 Å². The summed E-state index contributed by atoms with van der Waals surface area (Å²) < 4.78 is 15.6. The van der Waals surface area contributed by atoms with E-state index in [1.807, 2.05) is 6.92 Å². The largest absolute Gasteiger partial charge is 0.493 e. The second-order valence-electron chi connectivity index (χ2n) is 4.48. The molecule has 1 atom stereocenters. The smallest absolute Gasteiger partial charge is 0.326 e. The van der Waals surface area contributed by atoms with E-state index in [-0.39, 0.29) is 19.2 Å². The average molecular weight is 297 g/mol. The molecule has 2 N–H and O–H groups in total. The van der Waals surface area contributed by atoms with Crippen LogP contribution < -0.4 is 14.8 Å². The molecule has 118 valence electrons. The van der Waals surface area contributed by atoms with Crippen molar-refractivity contribution < 1.29 is 24.1 Å². The molecule has 0 aliphatic heterocycles. The highest BCUT2D eigenvalue weighted by Gasteiger charge is 2.19. The highest BCUT2D eigenvalue weighted by atomic mass is 16.5. The number of aliphatic hydroxyl groups excluding tert-OH is 1. The molecule has 0 radical (unpaired) electrons. The lowest BCUT2D eigenvalue weighted by Crippen LogP contribution is -2.42. The molecule has 0 aromatic heterocycles. The van der Waals surface area contributed by atoms with Gasteiger partial charge >= 0.3 is 5.97 Å². The second-order valence-corrected chi connectivity index (χ2v) is 4.48. The Bertz CT molecular complexity index is 450. The normalized spacial score (nSPS) is 11.8. The van der Waals surface area contributed by atoms with E-state index in [1.165, 1.54) is 14.2 Å². The number of hydrogen-bond acceptors (Lipinski definition) is 6. The van der Waals surface area contributed by atoms with Gasteiger partial charge in [0.05, 0.1) is 20.8 Å². The Morgan fingerprint density at radius 3 is 2.67 bits per heavy atom. The molecule has 1 rings (SSSR count). The summed E-state index contributed by atoms with van der Waals surface area (Å²) in [5.41, 5.74) is 0.729. The molecule has 0 saturated heterocycles. The zero-order valence-corrected chi connectivity index (χ0v) is 12.7. The van der Waals surface area contributed by atoms with E-state index < -0.39 is 6.04 Å². The van der Waals surface area contributed by atoms with E-state index in [0.29, 0.717) is 18.0 Å². The first-order valence-electron chi connectivity index (χ1n) is 6.88. The van der Waals surface area contributed by atoms with Crippen LogP contribution in [0.25, 0.3) is 0 Å². The molecule has 21 heavy (non-hydrogen) atoms. The summed E-state index contributed by atoms with van der Waals surface area (Å²) in [6, 6.07) is 4.61. The number of ether oxygens (including phenoxy) is 3. The third-order valence-electron chi connectivity index (χ3n) is 2.94. The number of aliphatic hydroxyl groups is 1. The Labute approximate surface area is 125 Å². The van der Waals surface area contributed by atoms with Gasteiger partial charge in [0.2, 0.25) is 0 Å². The first kappa shape index (κ1) is 17.3. The van der Waals surface area contributed by atoms with Gasteiger partial charge < -0.3 is 24.6 Å². The average Bonchev–Trinajstić information content (AvgIpc) is 2.54. The first-order chi connectivity index (χ1) is 10.2. The number of benzene rings is 1. The zero-order valence-electron chi connectivity index (χ0n) is 12.7. The molecule has 1 aromatic carbocycles. The minimum absolute atomic E-state index is 0.0700. The molecule has 0 bridgehead atoms. The quantitative estimate of drug-likeness (QED) is 0.665. The fraction of sp³-hybridized carbons (Fsp3) is 0.533. The van der Waals surface area contributed by atoms with Gasteiger partial charge in [-0.3, -0.25) is 4.79 Å². The number of hydrogen-bond donors (Lipinski definition) is 2. The number of methoxy groups -OCH3 is 2. The summed E-state index contributed by atoms with van der Waals surface area (Å²) in [6.07, 6.45) is 0.905. The van der Waals surface area contributed by atoms with Crippen molar-refractivity contribution in [2.75, 3.05) is 27.4 Å². The maximum Gasteiger partial charge on any atom is 0.326 e. The molecule has 0 spiro atoms. The lowest BCUT2D eigenvalue weighted by molar-refractivity contribution is -0.143. The molecule has 0 aliphatic carbocycles. The van der Waals surface area contributed by atoms with E-state index in [4.69, 9.17) is 19.3 Å². The van der Waals surface area contributed by atoms with Crippen molar-refractivity contribution in [2.45, 2.75) is 26.0 Å². The van der Waals surface area contributed by atoms with Gasteiger partial charge in [0, 0.05) is 0 Å². The number of carbonyl (C=O) groups is 1. The van der Waals surface area contributed by atoms with Gasteiger partial charge in [0.1, 0.15) is 12.6 Å². The van der Waals surface area contributed by atoms with Crippen LogP contribution >= 0.6 is 0 Å². The summed E-state index contributed by atoms with van der Waals surface area (Å²) in [4.78, 5) is 11.7. The van der Waals surface area contributed by atoms with E-state index in [2.05, 4.69) is 5.32 Å². The third-order valence-corrected chi connectivity index (χ3v) is 2.94. The highest BCUT2D eigenvalue weighted by Crippen LogP contribution is 2.28. The lowest BCUT2D eigenvalue weighted by Gasteiger charge is -2.18. The maximum atomic E-state index is 11.7. The van der Waals surface area contributed by atoms with Crippen molar-refractivity contribution in [3.8, 4) is 11.5 Å². The Kier molecular flexibility index (Phi) is 7.56. The van der Waals surface area contributed by atoms with E-state index in [1.54, 1.807) is 18.2 Å². The van der Waals surface area contributed by atoms with Crippen LogP contribution in [-0.2, 0) is 16.1 Å². The van der Waals surface area contributed by atoms with Crippen LogP contribution in [0.1, 0.15) is 18.9 Å². The standard InChI is InChI=1S/C15H23NO5/c1-4-7-16-12(15(18)20-3)10-21-13-6-5-11(9-17)8-14(13)19-2/h5-6,8,12,16-17H,4,7,9-10H2,1-3H3. The van der Waals surface area contributed by atoms with Crippen molar-refractivity contribution in [2.24, 2.45) is 0 Å². The minimum atomic E-state index is -0.530. The molecule has 1 aromatic rings. The van der Waals surface area contributed by atoms with Crippen molar-refractivity contribution in [3.05, 3.63) is 23.8 Å². The van der Waals surface area contributed by atoms with Gasteiger partial charge in [-0.15, -0.1) is 0 Å². The van der Waals surface area contributed by atoms with Crippen molar-refractivity contribution in [1.82, 2.24) is 5.32 Å². The van der Waals surface area contributed by atoms with Crippen LogP contribution in [0.2, 0.25) is 0 Å². The van der Waals surface area contributed by atoms with Crippen molar-refractivity contribution >= 4 is 5.97 Å². The van der Waals surface area contributed by atoms with E-state index >= 15 is 0 Å². The summed E-state index contributed by atoms with van der Waals surface area (Å²) >= 11 is 0. The molecule has 0 amide bonds. The molecule has 0 fully saturated rings. The molecular weight excluding hydrogens is 274 g/mol. The summed E-state index contributed by atoms with van der Waals surface area (Å²) in [5, 5.41) is 12.2. The van der Waals surface area contributed by atoms with Gasteiger partial charge in [-0.2, -0.15) is 0 Å². The minimum Gasteiger partial charge on any atom is -0.493 e. The Balaban J connectivity index is 2.72. The molecule has 0 heterocycles. The Morgan fingerprint density at radius 2 is 2.10 bits per heavy atom. The first-order valence-corrected chi connectivity index (χ1v) is 6.88. The highest BCUT2D eigenvalue weighted by molar-refractivity contribution is 5.75. The van der Waals surface area contributed by atoms with Crippen LogP contribution in [0.4, 0.5) is 0 Å². The van der Waals surface area contributed by atoms with E-state index in [9.17, 15) is 4.79 Å². The van der Waals surface area contributed by atoms with Crippen molar-refractivity contribution in [1.29, 1.82) is 0 Å². The summed E-state index contributed by atoms with van der Waals surface area (Å²) in [6.45, 7) is 2.78. The number of carbonyl (C=O) groups excluding carboxylic acids is 1. The predicted molar refractivity (Wildman–Crippen MR) is 78.5 cm³/mol. The summed E-state index contributed by atoms with van der Waals surface area (Å²) in [5.74, 6) is 0.664. The molecule has 0 saturated carbocycles. The molecule has 0 aliphatic rings. The number of esters is 1. The van der Waals surface area contributed by atoms with Crippen molar-refractivity contribution in [3.63, 3.8) is 0 Å². The van der Waals surface area contributed by atoms with Crippen LogP contribution in [0.15, 0.2) is 18.2 Å². The maximum absolute atomic E-state index is 11.7. The lowest BCUT2D eigenvalue weighted by atomic mass is 10.2. The van der Waals surface area contributed by atoms with Gasteiger partial charge in [0.15, 0.2) is 11.5 Å². The van der Waals surface area contributed by atoms with Crippen LogP contribution in [-0.4, -0.2) is 44.5 Å². The van der Waals surface area contributed by atoms with E-state index in [0.717, 1.165) is 12.0 Å². The SMILES string of the molecule is CCCNC(COc1ccc(CO)cc1OC)C(=O)OC. The van der Waals surface area contributed by atoms with Gasteiger partial charge in [-0.05, 0) is 30.7 Å².